The molecule has 3 aromatic rings. The Hall–Kier alpha value is -2.31. The van der Waals surface area contributed by atoms with Crippen LogP contribution in [0.2, 0.25) is 0 Å². The Kier molecular flexibility index (Phi) is 7.54. The highest BCUT2D eigenvalue weighted by Crippen LogP contribution is 2.45. The number of para-hydroxylation sites is 2. The number of amides is 1. The van der Waals surface area contributed by atoms with Gasteiger partial charge >= 0.3 is 0 Å². The zero-order chi connectivity index (χ0) is 28.1. The van der Waals surface area contributed by atoms with Gasteiger partial charge in [0.15, 0.2) is 0 Å². The number of hydrogen-bond acceptors (Lipinski definition) is 4. The van der Waals surface area contributed by atoms with Crippen LogP contribution in [0.4, 0.5) is 0 Å². The van der Waals surface area contributed by atoms with Gasteiger partial charge in [0.25, 0.3) is 0 Å². The van der Waals surface area contributed by atoms with E-state index in [9.17, 15) is 4.79 Å². The molecule has 3 atom stereocenters. The number of aromatic nitrogens is 2. The Morgan fingerprint density at radius 2 is 1.62 bits per heavy atom. The minimum atomic E-state index is -0.317. The van der Waals surface area contributed by atoms with Gasteiger partial charge in [0, 0.05) is 41.5 Å². The number of aryl methyl sites for hydroxylation is 1. The maximum Gasteiger partial charge on any atom is 0.227 e. The molecule has 3 saturated heterocycles. The second kappa shape index (κ2) is 10.8. The van der Waals surface area contributed by atoms with Gasteiger partial charge in [0.05, 0.1) is 11.0 Å². The summed E-state index contributed by atoms with van der Waals surface area (Å²) in [5.74, 6) is 1.45. The van der Waals surface area contributed by atoms with Crippen molar-refractivity contribution < 1.29 is 4.79 Å². The van der Waals surface area contributed by atoms with Crippen LogP contribution in [0.15, 0.2) is 53.4 Å². The monoisotopic (exact) mass is 558 g/mol. The van der Waals surface area contributed by atoms with Crippen molar-refractivity contribution in [2.24, 2.45) is 5.41 Å². The van der Waals surface area contributed by atoms with Crippen LogP contribution < -0.4 is 0 Å². The molecule has 2 bridgehead atoms. The highest BCUT2D eigenvalue weighted by atomic mass is 32.2. The summed E-state index contributed by atoms with van der Waals surface area (Å²) in [6, 6.07) is 19.8. The van der Waals surface area contributed by atoms with E-state index in [1.165, 1.54) is 48.1 Å². The summed E-state index contributed by atoms with van der Waals surface area (Å²) in [7, 11) is 0. The van der Waals surface area contributed by atoms with Crippen LogP contribution in [-0.2, 0) is 10.2 Å². The maximum absolute atomic E-state index is 13.1. The van der Waals surface area contributed by atoms with Gasteiger partial charge in [-0.15, -0.1) is 11.8 Å². The maximum atomic E-state index is 13.1. The Balaban J connectivity index is 1.19. The molecule has 0 saturated carbocycles. The van der Waals surface area contributed by atoms with Crippen molar-refractivity contribution in [2.75, 3.05) is 25.9 Å². The molecule has 1 amide bonds. The van der Waals surface area contributed by atoms with Crippen LogP contribution in [0.25, 0.3) is 11.0 Å². The van der Waals surface area contributed by atoms with E-state index in [-0.39, 0.29) is 10.8 Å². The predicted octanol–water partition coefficient (Wildman–Crippen LogP) is 7.23. The first-order chi connectivity index (χ1) is 19.2. The minimum absolute atomic E-state index is 0.138. The number of benzene rings is 2. The molecule has 5 nitrogen and oxygen atoms in total. The normalized spacial score (nSPS) is 25.0. The fraction of sp³-hybridized carbons (Fsp3) is 0.588. The van der Waals surface area contributed by atoms with Gasteiger partial charge in [-0.2, -0.15) is 0 Å². The molecule has 6 rings (SSSR count). The predicted molar refractivity (Wildman–Crippen MR) is 166 cm³/mol. The van der Waals surface area contributed by atoms with Crippen LogP contribution >= 0.6 is 11.8 Å². The second-order valence-corrected chi connectivity index (χ2v) is 14.4. The summed E-state index contributed by atoms with van der Waals surface area (Å²) in [6.07, 6.45) is 10.5. The summed E-state index contributed by atoms with van der Waals surface area (Å²) >= 11 is 1.81. The third-order valence-electron chi connectivity index (χ3n) is 10.2. The van der Waals surface area contributed by atoms with Gasteiger partial charge in [-0.3, -0.25) is 9.69 Å². The first-order valence-electron chi connectivity index (χ1n) is 15.3. The molecule has 1 aromatic heterocycles. The smallest absolute Gasteiger partial charge is 0.227 e. The molecule has 0 spiro atoms. The first-order valence-corrected chi connectivity index (χ1v) is 16.5. The van der Waals surface area contributed by atoms with Gasteiger partial charge in [-0.05, 0) is 99.9 Å². The Morgan fingerprint density at radius 1 is 0.975 bits per heavy atom. The lowest BCUT2D eigenvalue weighted by Gasteiger charge is -2.46. The largest absolute Gasteiger partial charge is 0.342 e. The average molecular weight is 559 g/mol. The number of nitrogens with zero attached hydrogens (tertiary/aromatic N) is 4. The molecular weight excluding hydrogens is 512 g/mol. The molecule has 2 aromatic carbocycles. The molecular formula is C34H46N4OS. The molecule has 0 N–H and O–H groups in total. The van der Waals surface area contributed by atoms with Crippen molar-refractivity contribution in [2.45, 2.75) is 101 Å². The second-order valence-electron chi connectivity index (χ2n) is 13.6. The van der Waals surface area contributed by atoms with E-state index < -0.39 is 0 Å². The van der Waals surface area contributed by atoms with Gasteiger partial charge < -0.3 is 9.47 Å². The lowest BCUT2D eigenvalue weighted by atomic mass is 9.70. The summed E-state index contributed by atoms with van der Waals surface area (Å²) in [5.41, 5.74) is 3.71. The van der Waals surface area contributed by atoms with E-state index in [4.69, 9.17) is 4.98 Å². The summed E-state index contributed by atoms with van der Waals surface area (Å²) in [4.78, 5) is 24.3. The van der Waals surface area contributed by atoms with Gasteiger partial charge in [-0.1, -0.05) is 45.0 Å². The summed E-state index contributed by atoms with van der Waals surface area (Å²) in [5, 5.41) is 0. The number of piperidine rings is 2. The van der Waals surface area contributed by atoms with E-state index in [1.54, 1.807) is 0 Å². The highest BCUT2D eigenvalue weighted by Gasteiger charge is 2.44. The zero-order valence-electron chi connectivity index (χ0n) is 25.0. The van der Waals surface area contributed by atoms with Crippen LogP contribution in [0.3, 0.4) is 0 Å². The van der Waals surface area contributed by atoms with E-state index in [1.807, 2.05) is 32.5 Å². The quantitative estimate of drug-likeness (QED) is 0.299. The van der Waals surface area contributed by atoms with Crippen molar-refractivity contribution in [1.82, 2.24) is 19.4 Å². The molecule has 0 aliphatic carbocycles. The molecule has 3 aliphatic rings. The fourth-order valence-corrected chi connectivity index (χ4v) is 8.44. The van der Waals surface area contributed by atoms with Gasteiger partial charge in [-0.25, -0.2) is 4.98 Å². The third-order valence-corrected chi connectivity index (χ3v) is 10.9. The highest BCUT2D eigenvalue weighted by molar-refractivity contribution is 7.98. The van der Waals surface area contributed by atoms with Crippen LogP contribution in [0, 0.1) is 12.3 Å². The van der Waals surface area contributed by atoms with Crippen molar-refractivity contribution in [3.63, 3.8) is 0 Å². The molecule has 3 fully saturated rings. The molecule has 3 aliphatic heterocycles. The minimum Gasteiger partial charge on any atom is -0.342 e. The Bertz CT molecular complexity index is 1330. The lowest BCUT2D eigenvalue weighted by molar-refractivity contribution is -0.141. The number of fused-ring (bicyclic) bond motifs is 3. The molecule has 0 unspecified atom stereocenters. The van der Waals surface area contributed by atoms with Crippen molar-refractivity contribution >= 4 is 28.7 Å². The van der Waals surface area contributed by atoms with Crippen molar-refractivity contribution in [3.8, 4) is 0 Å². The third kappa shape index (κ3) is 5.11. The van der Waals surface area contributed by atoms with Crippen LogP contribution in [0.1, 0.15) is 83.1 Å². The molecule has 214 valence electrons. The number of thioether (sulfide) groups is 1. The topological polar surface area (TPSA) is 41.4 Å². The van der Waals surface area contributed by atoms with Gasteiger partial charge in [0.1, 0.15) is 5.82 Å². The Labute approximate surface area is 244 Å². The molecule has 4 heterocycles. The standard InChI is InChI=1S/C34H46N4OS/c1-24-35-30-8-6-7-9-31(30)38(24)28-22-26-12-13-27(23-28)37(26)21-18-34(25-10-14-29(40-5)15-11-25)16-19-36(20-17-34)32(39)33(2,3)4/h6-11,14-15,26-28H,12-13,16-23H2,1-5H3/t26-,27+,28+. The molecule has 0 radical (unpaired) electrons. The number of carbonyl (C=O) groups is 1. The number of imidazole rings is 1. The first kappa shape index (κ1) is 27.8. The van der Waals surface area contributed by atoms with E-state index in [2.05, 4.69) is 76.1 Å². The number of hydrogen-bond donors (Lipinski definition) is 0. The number of carbonyl (C=O) groups excluding carboxylic acids is 1. The average Bonchev–Trinajstić information content (AvgIpc) is 3.41. The van der Waals surface area contributed by atoms with Crippen LogP contribution in [0.5, 0.6) is 0 Å². The molecule has 40 heavy (non-hydrogen) atoms. The SMILES string of the molecule is CSc1ccc(C2(CCN3[C@@H]4CC[C@H]3C[C@@H](n3c(C)nc5ccccc53)C4)CCN(C(=O)C(C)(C)C)CC2)cc1. The van der Waals surface area contributed by atoms with Crippen molar-refractivity contribution in [3.05, 3.63) is 59.9 Å². The van der Waals surface area contributed by atoms with E-state index in [0.717, 1.165) is 43.8 Å². The van der Waals surface area contributed by atoms with Gasteiger partial charge in [0.2, 0.25) is 5.91 Å². The van der Waals surface area contributed by atoms with Crippen molar-refractivity contribution in [1.29, 1.82) is 0 Å². The molecule has 6 heteroatoms. The Morgan fingerprint density at radius 3 is 2.25 bits per heavy atom. The zero-order valence-corrected chi connectivity index (χ0v) is 25.8. The summed E-state index contributed by atoms with van der Waals surface area (Å²) < 4.78 is 2.54. The van der Waals surface area contributed by atoms with E-state index in [0.29, 0.717) is 24.0 Å². The lowest BCUT2D eigenvalue weighted by Crippen LogP contribution is -2.50. The van der Waals surface area contributed by atoms with Crippen LogP contribution in [-0.4, -0.2) is 63.2 Å². The van der Waals surface area contributed by atoms with E-state index >= 15 is 0 Å². The fourth-order valence-electron chi connectivity index (χ4n) is 8.03. The number of likely N-dealkylation sites (tertiary alicyclic amines) is 1. The number of rotatable bonds is 6. The summed E-state index contributed by atoms with van der Waals surface area (Å²) in [6.45, 7) is 11.2.